The molecular weight excluding hydrogens is 220 g/mol. The topological polar surface area (TPSA) is 24.1 Å². The van der Waals surface area contributed by atoms with Crippen LogP contribution in [0.15, 0.2) is 12.2 Å². The van der Waals surface area contributed by atoms with Gasteiger partial charge in [-0.15, -0.1) is 0 Å². The molecule has 0 bridgehead atoms. The lowest BCUT2D eigenvalue weighted by atomic mass is 9.79. The van der Waals surface area contributed by atoms with Crippen molar-refractivity contribution in [1.29, 1.82) is 0 Å². The highest BCUT2D eigenvalue weighted by Gasteiger charge is 2.37. The van der Waals surface area contributed by atoms with Crippen molar-refractivity contribution in [1.82, 2.24) is 10.6 Å². The highest BCUT2D eigenvalue weighted by molar-refractivity contribution is 5.00. The summed E-state index contributed by atoms with van der Waals surface area (Å²) in [5.74, 6) is 0.858. The van der Waals surface area contributed by atoms with Crippen molar-refractivity contribution in [3.63, 3.8) is 0 Å². The summed E-state index contributed by atoms with van der Waals surface area (Å²) < 4.78 is 0. The molecule has 1 heterocycles. The SMILES string of the molecule is CC1(C)CC(NC[C@@H]2CC=CCC2)CC(C)(C)N1. The Kier molecular flexibility index (Phi) is 4.18. The minimum absolute atomic E-state index is 0.256. The first-order valence-corrected chi connectivity index (χ1v) is 7.54. The molecule has 0 saturated carbocycles. The van der Waals surface area contributed by atoms with Crippen LogP contribution in [0.4, 0.5) is 0 Å². The van der Waals surface area contributed by atoms with Crippen molar-refractivity contribution in [3.8, 4) is 0 Å². The molecule has 1 aliphatic carbocycles. The molecule has 2 nitrogen and oxygen atoms in total. The summed E-state index contributed by atoms with van der Waals surface area (Å²) in [5, 5.41) is 7.58. The maximum Gasteiger partial charge on any atom is 0.0144 e. The summed E-state index contributed by atoms with van der Waals surface area (Å²) >= 11 is 0. The molecule has 1 atom stereocenters. The summed E-state index contributed by atoms with van der Waals surface area (Å²) in [6, 6.07) is 0.669. The van der Waals surface area contributed by atoms with Crippen LogP contribution in [0.25, 0.3) is 0 Å². The van der Waals surface area contributed by atoms with Crippen molar-refractivity contribution < 1.29 is 0 Å². The maximum atomic E-state index is 3.83. The highest BCUT2D eigenvalue weighted by Crippen LogP contribution is 2.29. The zero-order valence-electron chi connectivity index (χ0n) is 12.6. The van der Waals surface area contributed by atoms with E-state index in [0.29, 0.717) is 6.04 Å². The Labute approximate surface area is 113 Å². The van der Waals surface area contributed by atoms with Crippen LogP contribution in [-0.2, 0) is 0 Å². The van der Waals surface area contributed by atoms with Gasteiger partial charge in [0.05, 0.1) is 0 Å². The van der Waals surface area contributed by atoms with E-state index in [-0.39, 0.29) is 11.1 Å². The molecule has 0 spiro atoms. The predicted molar refractivity (Wildman–Crippen MR) is 78.8 cm³/mol. The van der Waals surface area contributed by atoms with Crippen molar-refractivity contribution >= 4 is 0 Å². The lowest BCUT2D eigenvalue weighted by molar-refractivity contribution is 0.143. The lowest BCUT2D eigenvalue weighted by Gasteiger charge is -2.47. The minimum Gasteiger partial charge on any atom is -0.314 e. The van der Waals surface area contributed by atoms with Gasteiger partial charge in [0.1, 0.15) is 0 Å². The fourth-order valence-electron chi connectivity index (χ4n) is 3.84. The van der Waals surface area contributed by atoms with E-state index in [9.17, 15) is 0 Å². The molecule has 0 aromatic carbocycles. The molecule has 2 aliphatic rings. The van der Waals surface area contributed by atoms with E-state index in [1.54, 1.807) is 0 Å². The number of hydrogen-bond donors (Lipinski definition) is 2. The van der Waals surface area contributed by atoms with Gasteiger partial charge in [-0.2, -0.15) is 0 Å². The van der Waals surface area contributed by atoms with Gasteiger partial charge in [0.15, 0.2) is 0 Å². The predicted octanol–water partition coefficient (Wildman–Crippen LogP) is 3.24. The summed E-state index contributed by atoms with van der Waals surface area (Å²) in [6.45, 7) is 10.5. The van der Waals surface area contributed by atoms with Gasteiger partial charge in [-0.05, 0) is 72.3 Å². The Bertz CT molecular complexity index is 288. The van der Waals surface area contributed by atoms with Gasteiger partial charge in [-0.25, -0.2) is 0 Å². The molecule has 0 aromatic heterocycles. The van der Waals surface area contributed by atoms with Gasteiger partial charge in [-0.3, -0.25) is 0 Å². The van der Waals surface area contributed by atoms with E-state index in [1.165, 1.54) is 38.6 Å². The molecule has 1 fully saturated rings. The van der Waals surface area contributed by atoms with Crippen LogP contribution < -0.4 is 10.6 Å². The number of nitrogens with one attached hydrogen (secondary N) is 2. The molecule has 0 aromatic rings. The average Bonchev–Trinajstić information content (AvgIpc) is 2.24. The fourth-order valence-corrected chi connectivity index (χ4v) is 3.84. The van der Waals surface area contributed by atoms with E-state index in [4.69, 9.17) is 0 Å². The standard InChI is InChI=1S/C16H30N2/c1-15(2)10-14(11-16(3,4)18-15)17-12-13-8-6-5-7-9-13/h5-6,13-14,17-18H,7-12H2,1-4H3/t13-/m1/s1. The van der Waals surface area contributed by atoms with Crippen molar-refractivity contribution in [3.05, 3.63) is 12.2 Å². The summed E-state index contributed by atoms with van der Waals surface area (Å²) in [6.07, 6.45) is 11.1. The summed E-state index contributed by atoms with van der Waals surface area (Å²) in [4.78, 5) is 0. The number of rotatable bonds is 3. The maximum absolute atomic E-state index is 3.83. The first-order valence-electron chi connectivity index (χ1n) is 7.54. The molecule has 2 N–H and O–H groups in total. The second-order valence-corrected chi connectivity index (χ2v) is 7.56. The van der Waals surface area contributed by atoms with Crippen LogP contribution >= 0.6 is 0 Å². The van der Waals surface area contributed by atoms with Gasteiger partial charge in [-0.1, -0.05) is 12.2 Å². The zero-order valence-corrected chi connectivity index (χ0v) is 12.6. The van der Waals surface area contributed by atoms with E-state index < -0.39 is 0 Å². The van der Waals surface area contributed by atoms with E-state index in [1.807, 2.05) is 0 Å². The largest absolute Gasteiger partial charge is 0.314 e. The molecule has 1 saturated heterocycles. The van der Waals surface area contributed by atoms with Crippen molar-refractivity contribution in [2.45, 2.75) is 76.9 Å². The normalized spacial score (nSPS) is 31.4. The number of hydrogen-bond acceptors (Lipinski definition) is 2. The molecular formula is C16H30N2. The molecule has 0 radical (unpaired) electrons. The number of allylic oxidation sites excluding steroid dienone is 2. The van der Waals surface area contributed by atoms with E-state index in [0.717, 1.165) is 5.92 Å². The Morgan fingerprint density at radius 2 is 1.78 bits per heavy atom. The van der Waals surface area contributed by atoms with E-state index in [2.05, 4.69) is 50.5 Å². The first kappa shape index (κ1) is 14.1. The molecule has 104 valence electrons. The Morgan fingerprint density at radius 3 is 2.33 bits per heavy atom. The third-order valence-electron chi connectivity index (χ3n) is 4.26. The Balaban J connectivity index is 1.83. The molecule has 2 heteroatoms. The first-order chi connectivity index (χ1) is 8.36. The van der Waals surface area contributed by atoms with Gasteiger partial charge < -0.3 is 10.6 Å². The van der Waals surface area contributed by atoms with Crippen LogP contribution in [0, 0.1) is 5.92 Å². The zero-order chi connectivity index (χ0) is 13.2. The molecule has 1 aliphatic heterocycles. The second-order valence-electron chi connectivity index (χ2n) is 7.56. The molecule has 18 heavy (non-hydrogen) atoms. The third kappa shape index (κ3) is 4.10. The van der Waals surface area contributed by atoms with Crippen LogP contribution in [0.3, 0.4) is 0 Å². The summed E-state index contributed by atoms with van der Waals surface area (Å²) in [7, 11) is 0. The minimum atomic E-state index is 0.256. The highest BCUT2D eigenvalue weighted by atomic mass is 15.1. The van der Waals surface area contributed by atoms with Gasteiger partial charge in [0.25, 0.3) is 0 Å². The van der Waals surface area contributed by atoms with Crippen molar-refractivity contribution in [2.24, 2.45) is 5.92 Å². The molecule has 0 unspecified atom stereocenters. The van der Waals surface area contributed by atoms with Gasteiger partial charge in [0.2, 0.25) is 0 Å². The smallest absolute Gasteiger partial charge is 0.0144 e. The average molecular weight is 250 g/mol. The van der Waals surface area contributed by atoms with Crippen molar-refractivity contribution in [2.75, 3.05) is 6.54 Å². The van der Waals surface area contributed by atoms with Crippen LogP contribution in [0.5, 0.6) is 0 Å². The number of piperidine rings is 1. The van der Waals surface area contributed by atoms with Crippen LogP contribution in [0.1, 0.15) is 59.8 Å². The molecule has 2 rings (SSSR count). The monoisotopic (exact) mass is 250 g/mol. The fraction of sp³-hybridized carbons (Fsp3) is 0.875. The lowest BCUT2D eigenvalue weighted by Crippen LogP contribution is -2.61. The van der Waals surface area contributed by atoms with Crippen LogP contribution in [0.2, 0.25) is 0 Å². The van der Waals surface area contributed by atoms with Crippen LogP contribution in [-0.4, -0.2) is 23.7 Å². The Morgan fingerprint density at radius 1 is 1.11 bits per heavy atom. The Hall–Kier alpha value is -0.340. The quantitative estimate of drug-likeness (QED) is 0.751. The van der Waals surface area contributed by atoms with Gasteiger partial charge >= 0.3 is 0 Å². The molecule has 0 amide bonds. The third-order valence-corrected chi connectivity index (χ3v) is 4.26. The van der Waals surface area contributed by atoms with E-state index >= 15 is 0 Å². The van der Waals surface area contributed by atoms with Gasteiger partial charge in [0, 0.05) is 17.1 Å². The second kappa shape index (κ2) is 5.34. The summed E-state index contributed by atoms with van der Waals surface area (Å²) in [5.41, 5.74) is 0.512.